The Kier molecular flexibility index (Phi) is 5.77. The van der Waals surface area contributed by atoms with Crippen LogP contribution in [0.1, 0.15) is 27.1 Å². The van der Waals surface area contributed by atoms with Gasteiger partial charge in [-0.3, -0.25) is 9.59 Å². The van der Waals surface area contributed by atoms with Crippen molar-refractivity contribution in [3.05, 3.63) is 35.2 Å². The second-order valence-electron chi connectivity index (χ2n) is 7.12. The van der Waals surface area contributed by atoms with Crippen molar-refractivity contribution < 1.29 is 25.6 Å². The Labute approximate surface area is 181 Å². The van der Waals surface area contributed by atoms with Crippen molar-refractivity contribution >= 4 is 40.3 Å². The molecule has 0 fully saturated rings. The Morgan fingerprint density at radius 2 is 1.97 bits per heavy atom. The first-order chi connectivity index (χ1) is 14.4. The molecule has 0 radical (unpaired) electrons. The zero-order chi connectivity index (χ0) is 23.0. The van der Waals surface area contributed by atoms with Crippen LogP contribution in [0.5, 0.6) is 0 Å². The first-order valence-corrected chi connectivity index (χ1v) is 9.18. The summed E-state index contributed by atoms with van der Waals surface area (Å²) in [5, 5.41) is 5.46. The lowest BCUT2D eigenvalue weighted by Gasteiger charge is -2.27. The number of anilines is 1. The van der Waals surface area contributed by atoms with Crippen LogP contribution in [-0.2, 0) is 4.79 Å². The summed E-state index contributed by atoms with van der Waals surface area (Å²) in [7, 11) is 0. The van der Waals surface area contributed by atoms with Gasteiger partial charge in [0.05, 0.1) is 10.6 Å². The van der Waals surface area contributed by atoms with Crippen LogP contribution in [0.4, 0.5) is 19.0 Å². The van der Waals surface area contributed by atoms with Gasteiger partial charge < -0.3 is 21.4 Å². The maximum atomic E-state index is 12.4. The zero-order valence-electron chi connectivity index (χ0n) is 16.3. The van der Waals surface area contributed by atoms with Crippen LogP contribution < -0.4 is 16.4 Å². The minimum Gasteiger partial charge on any atom is -0.365 e. The van der Waals surface area contributed by atoms with E-state index in [1.165, 1.54) is 20.0 Å². The molecule has 0 saturated carbocycles. The largest absolute Gasteiger partial charge is 0.405 e. The summed E-state index contributed by atoms with van der Waals surface area (Å²) in [5.74, 6) is -1.81. The normalized spacial score (nSPS) is 12.1. The highest BCUT2D eigenvalue weighted by atomic mass is 35.5. The Morgan fingerprint density at radius 1 is 1.26 bits per heavy atom. The molecule has 3 aromatic rings. The molecule has 0 bridgehead atoms. The van der Waals surface area contributed by atoms with Crippen molar-refractivity contribution in [3.8, 4) is 11.4 Å². The van der Waals surface area contributed by atoms with Crippen molar-refractivity contribution in [1.29, 1.82) is 0 Å². The van der Waals surface area contributed by atoms with E-state index in [1.807, 2.05) is 0 Å². The maximum Gasteiger partial charge on any atom is 0.405 e. The number of carbonyl (C=O) groups is 2. The number of carbonyl (C=O) groups excluding carboxylic acids is 2. The topological polar surface area (TPSA) is 139 Å². The van der Waals surface area contributed by atoms with Crippen molar-refractivity contribution in [2.24, 2.45) is 5.73 Å². The molecule has 0 aromatic carbocycles. The summed E-state index contributed by atoms with van der Waals surface area (Å²) in [6, 6.07) is 1.64. The van der Waals surface area contributed by atoms with Crippen molar-refractivity contribution in [3.63, 3.8) is 0 Å². The van der Waals surface area contributed by atoms with Gasteiger partial charge in [0.2, 0.25) is 5.91 Å². The molecule has 0 aliphatic carbocycles. The fourth-order valence-corrected chi connectivity index (χ4v) is 2.86. The van der Waals surface area contributed by atoms with Gasteiger partial charge in [0.15, 0.2) is 5.82 Å². The quantitative estimate of drug-likeness (QED) is 0.446. The number of hydrogen-bond donors (Lipinski definition) is 4. The average molecular weight is 460 g/mol. The lowest BCUT2D eigenvalue weighted by Crippen LogP contribution is -2.50. The van der Waals surface area contributed by atoms with Crippen LogP contribution in [0.3, 0.4) is 0 Å². The predicted molar refractivity (Wildman–Crippen MR) is 112 cm³/mol. The summed E-state index contributed by atoms with van der Waals surface area (Å²) in [5.41, 5.74) is 4.68. The van der Waals surface area contributed by atoms with Gasteiger partial charge in [-0.15, -0.1) is 0 Å². The molecular formula is C18H21ClF3N7O2. The fraction of sp³-hybridized carbons (Fsp3) is 0.278. The van der Waals surface area contributed by atoms with Crippen molar-refractivity contribution in [1.82, 2.24) is 25.3 Å². The predicted octanol–water partition coefficient (Wildman–Crippen LogP) is 3.13. The number of aromatic nitrogens is 4. The molecule has 5 N–H and O–H groups in total. The van der Waals surface area contributed by atoms with Gasteiger partial charge in [0, 0.05) is 32.4 Å². The summed E-state index contributed by atoms with van der Waals surface area (Å²) < 4.78 is 37.3. The number of pyridine rings is 1. The number of nitrogens with two attached hydrogens (primary N) is 1. The number of primary amides is 1. The van der Waals surface area contributed by atoms with E-state index in [2.05, 4.69) is 25.3 Å². The number of nitrogens with zero attached hydrogens (tertiary/aromatic N) is 3. The molecule has 0 aliphatic rings. The van der Waals surface area contributed by atoms with Crippen molar-refractivity contribution in [2.45, 2.75) is 25.6 Å². The number of aromatic amines is 1. The van der Waals surface area contributed by atoms with Gasteiger partial charge in [-0.25, -0.2) is 15.0 Å². The molecule has 3 rings (SSSR count). The van der Waals surface area contributed by atoms with Crippen LogP contribution in [-0.4, -0.2) is 50.0 Å². The van der Waals surface area contributed by atoms with Crippen LogP contribution in [0.2, 0.25) is 5.02 Å². The number of amides is 2. The van der Waals surface area contributed by atoms with E-state index in [0.717, 1.165) is 6.20 Å². The van der Waals surface area contributed by atoms with Gasteiger partial charge in [-0.05, 0) is 19.9 Å². The number of alkyl halides is 3. The van der Waals surface area contributed by atoms with Gasteiger partial charge in [-0.1, -0.05) is 11.6 Å². The van der Waals surface area contributed by atoms with Crippen molar-refractivity contribution in [2.75, 3.05) is 11.9 Å². The SMILES string of the molecule is CC(C)(Nc1nc(-c2c[nH]c3ncc(Cl)cc23)ncc1C(N)=O)C(=O)NCC(F)(F)F.[HH].[HH]. The molecule has 0 aliphatic heterocycles. The summed E-state index contributed by atoms with van der Waals surface area (Å²) in [6.45, 7) is 1.17. The first-order valence-electron chi connectivity index (χ1n) is 8.80. The maximum absolute atomic E-state index is 12.4. The third-order valence-corrected chi connectivity index (χ3v) is 4.45. The lowest BCUT2D eigenvalue weighted by atomic mass is 10.0. The highest BCUT2D eigenvalue weighted by Crippen LogP contribution is 2.29. The molecule has 0 spiro atoms. The second kappa shape index (κ2) is 8.02. The number of rotatable bonds is 6. The number of nitrogens with one attached hydrogen (secondary N) is 3. The minimum absolute atomic E-state index is 0. The molecule has 3 heterocycles. The Balaban J connectivity index is 0.00000272. The Morgan fingerprint density at radius 3 is 2.61 bits per heavy atom. The molecule has 0 atom stereocenters. The van der Waals surface area contributed by atoms with E-state index in [1.54, 1.807) is 17.6 Å². The number of hydrogen-bond acceptors (Lipinski definition) is 6. The molecule has 13 heteroatoms. The minimum atomic E-state index is -4.57. The van der Waals surface area contributed by atoms with E-state index in [4.69, 9.17) is 17.3 Å². The third-order valence-electron chi connectivity index (χ3n) is 4.24. The summed E-state index contributed by atoms with van der Waals surface area (Å²) in [6.07, 6.45) is -0.376. The van der Waals surface area contributed by atoms with Gasteiger partial charge in [0.25, 0.3) is 5.91 Å². The number of halogens is 4. The van der Waals surface area contributed by atoms with Gasteiger partial charge in [-0.2, -0.15) is 13.2 Å². The summed E-state index contributed by atoms with van der Waals surface area (Å²) in [4.78, 5) is 39.6. The first kappa shape index (κ1) is 22.3. The zero-order valence-corrected chi connectivity index (χ0v) is 17.0. The van der Waals surface area contributed by atoms with E-state index in [9.17, 15) is 22.8 Å². The second-order valence-corrected chi connectivity index (χ2v) is 7.56. The number of fused-ring (bicyclic) bond motifs is 1. The summed E-state index contributed by atoms with van der Waals surface area (Å²) >= 11 is 6.00. The lowest BCUT2D eigenvalue weighted by molar-refractivity contribution is -0.140. The molecule has 2 amide bonds. The Bertz CT molecular complexity index is 1170. The highest BCUT2D eigenvalue weighted by Gasteiger charge is 2.34. The van der Waals surface area contributed by atoms with Crippen LogP contribution in [0, 0.1) is 0 Å². The monoisotopic (exact) mass is 459 g/mol. The molecule has 168 valence electrons. The van der Waals surface area contributed by atoms with E-state index in [-0.39, 0.29) is 20.1 Å². The van der Waals surface area contributed by atoms with E-state index < -0.39 is 30.1 Å². The van der Waals surface area contributed by atoms with Crippen LogP contribution in [0.25, 0.3) is 22.4 Å². The fourth-order valence-electron chi connectivity index (χ4n) is 2.70. The number of H-pyrrole nitrogens is 1. The van der Waals surface area contributed by atoms with Crippen LogP contribution >= 0.6 is 11.6 Å². The molecule has 0 saturated heterocycles. The molecule has 0 unspecified atom stereocenters. The van der Waals surface area contributed by atoms with E-state index in [0.29, 0.717) is 21.6 Å². The van der Waals surface area contributed by atoms with Gasteiger partial charge >= 0.3 is 6.18 Å². The van der Waals surface area contributed by atoms with Gasteiger partial charge in [0.1, 0.15) is 23.5 Å². The molecule has 9 nitrogen and oxygen atoms in total. The smallest absolute Gasteiger partial charge is 0.365 e. The standard InChI is InChI=1S/C18H17ClF3N7O2.2H2/c1-17(2,16(31)27-7-18(20,21)22)29-15-11(12(23)30)6-26-14(28-15)10-5-25-13-9(10)3-8(19)4-24-13;;/h3-6H,7H2,1-2H3,(H2,23,30)(H,24,25)(H,27,31)(H,26,28,29);2*1H. The third kappa shape index (κ3) is 5.02. The molecular weight excluding hydrogens is 439 g/mol. The Hall–Kier alpha value is -3.41. The highest BCUT2D eigenvalue weighted by molar-refractivity contribution is 6.31. The van der Waals surface area contributed by atoms with Crippen LogP contribution in [0.15, 0.2) is 24.7 Å². The average Bonchev–Trinajstić information content (AvgIpc) is 3.07. The molecule has 3 aromatic heterocycles. The molecule has 31 heavy (non-hydrogen) atoms. The van der Waals surface area contributed by atoms with E-state index >= 15 is 0 Å².